The molecule has 4 nitrogen and oxygen atoms in total. The average Bonchev–Trinajstić information content (AvgIpc) is 2.41. The lowest BCUT2D eigenvalue weighted by molar-refractivity contribution is 0.580. The number of rotatable bonds is 4. The van der Waals surface area contributed by atoms with Gasteiger partial charge in [0.15, 0.2) is 0 Å². The molecular weight excluding hydrogens is 298 g/mol. The molecule has 0 spiro atoms. The molecule has 0 radical (unpaired) electrons. The highest BCUT2D eigenvalue weighted by Crippen LogP contribution is 2.10. The summed E-state index contributed by atoms with van der Waals surface area (Å²) < 4.78 is 49.8. The number of sulfonamides is 1. The number of halogens is 2. The molecular formula is C14H12F2N2O2S. The minimum atomic E-state index is -3.81. The van der Waals surface area contributed by atoms with Gasteiger partial charge in [-0.15, -0.1) is 0 Å². The van der Waals surface area contributed by atoms with Crippen molar-refractivity contribution in [1.29, 1.82) is 0 Å². The summed E-state index contributed by atoms with van der Waals surface area (Å²) in [5.74, 6) is -1.54. The average molecular weight is 310 g/mol. The highest BCUT2D eigenvalue weighted by Gasteiger charge is 2.11. The molecule has 2 aromatic rings. The number of hydrogen-bond acceptors (Lipinski definition) is 3. The Morgan fingerprint density at radius 1 is 1.10 bits per heavy atom. The summed E-state index contributed by atoms with van der Waals surface area (Å²) in [6.45, 7) is 1.83. The van der Waals surface area contributed by atoms with E-state index >= 15 is 0 Å². The normalized spacial score (nSPS) is 11.8. The van der Waals surface area contributed by atoms with Gasteiger partial charge < -0.3 is 0 Å². The maximum Gasteiger partial charge on any atom is 0.276 e. The van der Waals surface area contributed by atoms with Crippen LogP contribution < -0.4 is 4.83 Å². The zero-order valence-electron chi connectivity index (χ0n) is 11.0. The van der Waals surface area contributed by atoms with Gasteiger partial charge in [0.2, 0.25) is 0 Å². The summed E-state index contributed by atoms with van der Waals surface area (Å²) in [5, 5.41) is 3.48. The van der Waals surface area contributed by atoms with E-state index in [1.54, 1.807) is 12.1 Å². The molecule has 0 atom stereocenters. The van der Waals surface area contributed by atoms with Crippen molar-refractivity contribution >= 4 is 16.2 Å². The van der Waals surface area contributed by atoms with E-state index in [0.717, 1.165) is 23.9 Å². The second kappa shape index (κ2) is 6.01. The van der Waals surface area contributed by atoms with Gasteiger partial charge in [-0.2, -0.15) is 13.5 Å². The Balaban J connectivity index is 2.14. The number of nitrogens with zero attached hydrogens (tertiary/aromatic N) is 1. The Morgan fingerprint density at radius 2 is 1.76 bits per heavy atom. The van der Waals surface area contributed by atoms with Crippen LogP contribution in [0.15, 0.2) is 52.5 Å². The van der Waals surface area contributed by atoms with Gasteiger partial charge in [-0.05, 0) is 31.2 Å². The van der Waals surface area contributed by atoms with Gasteiger partial charge in [0.25, 0.3) is 10.0 Å². The first kappa shape index (κ1) is 15.1. The van der Waals surface area contributed by atoms with E-state index < -0.39 is 21.7 Å². The van der Waals surface area contributed by atoms with E-state index in [0.29, 0.717) is 6.07 Å². The van der Waals surface area contributed by atoms with Gasteiger partial charge in [-0.25, -0.2) is 13.6 Å². The molecule has 110 valence electrons. The van der Waals surface area contributed by atoms with Crippen LogP contribution in [-0.2, 0) is 10.0 Å². The molecule has 2 rings (SSSR count). The predicted octanol–water partition coefficient (Wildman–Crippen LogP) is 2.59. The zero-order valence-corrected chi connectivity index (χ0v) is 11.9. The van der Waals surface area contributed by atoms with Crippen LogP contribution in [0, 0.1) is 18.6 Å². The van der Waals surface area contributed by atoms with Crippen molar-refractivity contribution in [2.75, 3.05) is 0 Å². The van der Waals surface area contributed by atoms with Crippen molar-refractivity contribution in [1.82, 2.24) is 4.83 Å². The molecule has 0 aliphatic heterocycles. The minimum absolute atomic E-state index is 0.0250. The lowest BCUT2D eigenvalue weighted by Gasteiger charge is -2.03. The van der Waals surface area contributed by atoms with Gasteiger partial charge in [0.1, 0.15) is 11.6 Å². The van der Waals surface area contributed by atoms with Crippen LogP contribution in [0.2, 0.25) is 0 Å². The summed E-state index contributed by atoms with van der Waals surface area (Å²) in [7, 11) is -3.81. The molecule has 0 aliphatic carbocycles. The highest BCUT2D eigenvalue weighted by molar-refractivity contribution is 7.89. The SMILES string of the molecule is Cc1ccc(S(=O)(=O)N/N=C\c2ccc(F)cc2F)cc1. The summed E-state index contributed by atoms with van der Waals surface area (Å²) in [6.07, 6.45) is 0.973. The van der Waals surface area contributed by atoms with Gasteiger partial charge >= 0.3 is 0 Å². The maximum atomic E-state index is 13.3. The van der Waals surface area contributed by atoms with Gasteiger partial charge in [-0.3, -0.25) is 0 Å². The summed E-state index contributed by atoms with van der Waals surface area (Å²) >= 11 is 0. The smallest absolute Gasteiger partial charge is 0.207 e. The lowest BCUT2D eigenvalue weighted by Crippen LogP contribution is -2.18. The predicted molar refractivity (Wildman–Crippen MR) is 75.5 cm³/mol. The molecule has 2 aromatic carbocycles. The molecule has 0 aromatic heterocycles. The van der Waals surface area contributed by atoms with E-state index in [1.165, 1.54) is 12.1 Å². The van der Waals surface area contributed by atoms with Crippen LogP contribution in [0.25, 0.3) is 0 Å². The Hall–Kier alpha value is -2.28. The van der Waals surface area contributed by atoms with Crippen LogP contribution >= 0.6 is 0 Å². The standard InChI is InChI=1S/C14H12F2N2O2S/c1-10-2-6-13(7-3-10)21(19,20)18-17-9-11-4-5-12(15)8-14(11)16/h2-9,18H,1H3/b17-9-. The van der Waals surface area contributed by atoms with Crippen molar-refractivity contribution in [3.8, 4) is 0 Å². The lowest BCUT2D eigenvalue weighted by atomic mass is 10.2. The first-order valence-corrected chi connectivity index (χ1v) is 7.43. The van der Waals surface area contributed by atoms with Crippen molar-refractivity contribution < 1.29 is 17.2 Å². The number of hydrazone groups is 1. The van der Waals surface area contributed by atoms with Crippen LogP contribution in [0.1, 0.15) is 11.1 Å². The monoisotopic (exact) mass is 310 g/mol. The molecule has 0 fully saturated rings. The highest BCUT2D eigenvalue weighted by atomic mass is 32.2. The molecule has 0 aliphatic rings. The number of aryl methyl sites for hydroxylation is 1. The van der Waals surface area contributed by atoms with Gasteiger partial charge in [-0.1, -0.05) is 17.7 Å². The van der Waals surface area contributed by atoms with Crippen LogP contribution in [-0.4, -0.2) is 14.6 Å². The summed E-state index contributed by atoms with van der Waals surface area (Å²) in [4.78, 5) is 2.01. The third kappa shape index (κ3) is 3.85. The first-order valence-electron chi connectivity index (χ1n) is 5.95. The Labute approximate surface area is 121 Å². The van der Waals surface area contributed by atoms with E-state index in [9.17, 15) is 17.2 Å². The fraction of sp³-hybridized carbons (Fsp3) is 0.0714. The van der Waals surface area contributed by atoms with Crippen LogP contribution in [0.4, 0.5) is 8.78 Å². The Bertz CT molecular complexity index is 772. The van der Waals surface area contributed by atoms with E-state index in [1.807, 2.05) is 11.8 Å². The molecule has 0 amide bonds. The molecule has 7 heteroatoms. The van der Waals surface area contributed by atoms with E-state index in [-0.39, 0.29) is 10.5 Å². The number of benzene rings is 2. The number of nitrogens with one attached hydrogen (secondary N) is 1. The second-order valence-electron chi connectivity index (χ2n) is 4.33. The molecule has 0 unspecified atom stereocenters. The van der Waals surface area contributed by atoms with Crippen molar-refractivity contribution in [2.45, 2.75) is 11.8 Å². The number of hydrogen-bond donors (Lipinski definition) is 1. The fourth-order valence-electron chi connectivity index (χ4n) is 1.54. The summed E-state index contributed by atoms with van der Waals surface area (Å²) in [6, 6.07) is 9.08. The van der Waals surface area contributed by atoms with Crippen LogP contribution in [0.3, 0.4) is 0 Å². The third-order valence-electron chi connectivity index (χ3n) is 2.67. The fourth-order valence-corrected chi connectivity index (χ4v) is 2.33. The molecule has 0 saturated carbocycles. The van der Waals surface area contributed by atoms with Crippen LogP contribution in [0.5, 0.6) is 0 Å². The Morgan fingerprint density at radius 3 is 2.38 bits per heavy atom. The molecule has 0 heterocycles. The minimum Gasteiger partial charge on any atom is -0.207 e. The molecule has 1 N–H and O–H groups in total. The largest absolute Gasteiger partial charge is 0.276 e. The quantitative estimate of drug-likeness (QED) is 0.697. The van der Waals surface area contributed by atoms with Gasteiger partial charge in [0.05, 0.1) is 11.1 Å². The zero-order chi connectivity index (χ0) is 15.5. The van der Waals surface area contributed by atoms with Crippen molar-refractivity contribution in [3.05, 3.63) is 65.2 Å². The molecule has 21 heavy (non-hydrogen) atoms. The third-order valence-corrected chi connectivity index (χ3v) is 3.91. The Kier molecular flexibility index (Phi) is 4.32. The molecule has 0 saturated heterocycles. The first-order chi connectivity index (χ1) is 9.88. The van der Waals surface area contributed by atoms with Crippen molar-refractivity contribution in [2.24, 2.45) is 5.10 Å². The van der Waals surface area contributed by atoms with Gasteiger partial charge in [0, 0.05) is 11.6 Å². The van der Waals surface area contributed by atoms with E-state index in [4.69, 9.17) is 0 Å². The summed E-state index contributed by atoms with van der Waals surface area (Å²) in [5.41, 5.74) is 0.897. The topological polar surface area (TPSA) is 58.5 Å². The molecule has 0 bridgehead atoms. The second-order valence-corrected chi connectivity index (χ2v) is 5.99. The maximum absolute atomic E-state index is 13.3. The van der Waals surface area contributed by atoms with Crippen molar-refractivity contribution in [3.63, 3.8) is 0 Å². The van der Waals surface area contributed by atoms with E-state index in [2.05, 4.69) is 5.10 Å².